The van der Waals surface area contributed by atoms with Crippen LogP contribution in [0.15, 0.2) is 36.4 Å². The van der Waals surface area contributed by atoms with Gasteiger partial charge in [-0.25, -0.2) is 8.78 Å². The van der Waals surface area contributed by atoms with E-state index in [2.05, 4.69) is 0 Å². The molecule has 0 aliphatic carbocycles. The van der Waals surface area contributed by atoms with Gasteiger partial charge in [0.15, 0.2) is 0 Å². The summed E-state index contributed by atoms with van der Waals surface area (Å²) in [4.78, 5) is 0. The Hall–Kier alpha value is -2.31. The van der Waals surface area contributed by atoms with Crippen molar-refractivity contribution in [1.29, 1.82) is 0 Å². The first kappa shape index (κ1) is 14.1. The van der Waals surface area contributed by atoms with E-state index in [4.69, 9.17) is 10.5 Å². The lowest BCUT2D eigenvalue weighted by atomic mass is 10.1. The number of rotatable bonds is 2. The molecule has 2 aromatic rings. The number of anilines is 1. The Morgan fingerprint density at radius 1 is 0.850 bits per heavy atom. The lowest BCUT2D eigenvalue weighted by molar-refractivity contribution is -0.137. The highest BCUT2D eigenvalue weighted by Gasteiger charge is 2.33. The summed E-state index contributed by atoms with van der Waals surface area (Å²) >= 11 is 0. The van der Waals surface area contributed by atoms with Gasteiger partial charge in [0.2, 0.25) is 0 Å². The highest BCUT2D eigenvalue weighted by atomic mass is 19.4. The minimum absolute atomic E-state index is 0.225. The monoisotopic (exact) mass is 289 g/mol. The molecular formula is C13H8F5NO. The van der Waals surface area contributed by atoms with Crippen LogP contribution < -0.4 is 10.5 Å². The lowest BCUT2D eigenvalue weighted by Crippen LogP contribution is -2.08. The van der Waals surface area contributed by atoms with Crippen molar-refractivity contribution in [1.82, 2.24) is 0 Å². The zero-order chi connectivity index (χ0) is 14.9. The van der Waals surface area contributed by atoms with Crippen molar-refractivity contribution in [2.45, 2.75) is 6.18 Å². The van der Waals surface area contributed by atoms with Crippen molar-refractivity contribution in [2.24, 2.45) is 0 Å². The third-order valence-corrected chi connectivity index (χ3v) is 2.40. The van der Waals surface area contributed by atoms with E-state index in [0.29, 0.717) is 12.1 Å². The fourth-order valence-electron chi connectivity index (χ4n) is 1.57. The molecule has 0 fully saturated rings. The van der Waals surface area contributed by atoms with Crippen LogP contribution in [0, 0.1) is 11.6 Å². The van der Waals surface area contributed by atoms with Crippen LogP contribution in [0.4, 0.5) is 27.6 Å². The van der Waals surface area contributed by atoms with Crippen LogP contribution in [0.25, 0.3) is 0 Å². The predicted octanol–water partition coefficient (Wildman–Crippen LogP) is 4.36. The van der Waals surface area contributed by atoms with Crippen LogP contribution in [-0.2, 0) is 6.18 Å². The molecule has 0 saturated carbocycles. The average molecular weight is 289 g/mol. The second-order valence-corrected chi connectivity index (χ2v) is 3.95. The first-order valence-electron chi connectivity index (χ1n) is 5.36. The van der Waals surface area contributed by atoms with Crippen LogP contribution >= 0.6 is 0 Å². The number of hydrogen-bond acceptors (Lipinski definition) is 2. The van der Waals surface area contributed by atoms with Crippen LogP contribution in [-0.4, -0.2) is 0 Å². The maximum Gasteiger partial charge on any atom is 0.418 e. The molecule has 7 heteroatoms. The van der Waals surface area contributed by atoms with Gasteiger partial charge in [0.25, 0.3) is 0 Å². The van der Waals surface area contributed by atoms with E-state index in [-0.39, 0.29) is 11.5 Å². The van der Waals surface area contributed by atoms with Gasteiger partial charge in [-0.15, -0.1) is 0 Å². The second kappa shape index (κ2) is 4.99. The summed E-state index contributed by atoms with van der Waals surface area (Å²) < 4.78 is 68.8. The van der Waals surface area contributed by atoms with Crippen molar-refractivity contribution in [3.8, 4) is 11.5 Å². The fraction of sp³-hybridized carbons (Fsp3) is 0.0769. The maximum atomic E-state index is 12.9. The summed E-state index contributed by atoms with van der Waals surface area (Å²) in [6.45, 7) is 0. The third-order valence-electron chi connectivity index (χ3n) is 2.40. The number of halogens is 5. The van der Waals surface area contributed by atoms with E-state index in [1.54, 1.807) is 0 Å². The first-order chi connectivity index (χ1) is 9.25. The minimum Gasteiger partial charge on any atom is -0.457 e. The normalized spacial score (nSPS) is 11.4. The summed E-state index contributed by atoms with van der Waals surface area (Å²) in [6.07, 6.45) is -4.64. The van der Waals surface area contributed by atoms with E-state index < -0.39 is 29.1 Å². The topological polar surface area (TPSA) is 35.2 Å². The van der Waals surface area contributed by atoms with Crippen LogP contribution in [0.3, 0.4) is 0 Å². The zero-order valence-corrected chi connectivity index (χ0v) is 9.84. The van der Waals surface area contributed by atoms with Crippen molar-refractivity contribution < 1.29 is 26.7 Å². The molecule has 2 rings (SSSR count). The molecule has 2 nitrogen and oxygen atoms in total. The van der Waals surface area contributed by atoms with Gasteiger partial charge in [-0.1, -0.05) is 0 Å². The fourth-order valence-corrected chi connectivity index (χ4v) is 1.57. The van der Waals surface area contributed by atoms with Crippen LogP contribution in [0.2, 0.25) is 0 Å². The standard InChI is InChI=1S/C13H8F5NO/c14-7-3-8(15)5-10(4-7)20-9-1-2-12(19)11(6-9)13(16,17)18/h1-6H,19H2. The van der Waals surface area contributed by atoms with Crippen LogP contribution in [0.1, 0.15) is 5.56 Å². The van der Waals surface area contributed by atoms with Crippen LogP contribution in [0.5, 0.6) is 11.5 Å². The van der Waals surface area contributed by atoms with Gasteiger partial charge in [0.05, 0.1) is 5.56 Å². The largest absolute Gasteiger partial charge is 0.457 e. The molecule has 0 saturated heterocycles. The molecule has 2 aromatic carbocycles. The van der Waals surface area contributed by atoms with Crippen molar-refractivity contribution >= 4 is 5.69 Å². The Labute approximate surface area is 110 Å². The molecule has 0 heterocycles. The third kappa shape index (κ3) is 3.17. The summed E-state index contributed by atoms with van der Waals surface area (Å²) in [6, 6.07) is 5.18. The Kier molecular flexibility index (Phi) is 3.52. The van der Waals surface area contributed by atoms with Gasteiger partial charge < -0.3 is 10.5 Å². The summed E-state index contributed by atoms with van der Waals surface area (Å²) in [7, 11) is 0. The molecule has 20 heavy (non-hydrogen) atoms. The van der Waals surface area contributed by atoms with Gasteiger partial charge in [0.1, 0.15) is 23.1 Å². The van der Waals surface area contributed by atoms with E-state index >= 15 is 0 Å². The molecular weight excluding hydrogens is 281 g/mol. The Balaban J connectivity index is 2.35. The second-order valence-electron chi connectivity index (χ2n) is 3.95. The highest BCUT2D eigenvalue weighted by Crippen LogP contribution is 2.36. The molecule has 0 aromatic heterocycles. The first-order valence-corrected chi connectivity index (χ1v) is 5.36. The van der Waals surface area contributed by atoms with Gasteiger partial charge >= 0.3 is 6.18 Å². The average Bonchev–Trinajstić information content (AvgIpc) is 2.29. The Bertz CT molecular complexity index is 619. The zero-order valence-electron chi connectivity index (χ0n) is 9.84. The summed E-state index contributed by atoms with van der Waals surface area (Å²) in [5.74, 6) is -2.27. The van der Waals surface area contributed by atoms with Crippen molar-refractivity contribution in [3.05, 3.63) is 53.6 Å². The molecule has 2 N–H and O–H groups in total. The van der Waals surface area contributed by atoms with E-state index in [1.165, 1.54) is 6.07 Å². The molecule has 0 aliphatic heterocycles. The molecule has 106 valence electrons. The number of alkyl halides is 3. The van der Waals surface area contributed by atoms with Crippen molar-refractivity contribution in [2.75, 3.05) is 5.73 Å². The molecule has 0 radical (unpaired) electrons. The predicted molar refractivity (Wildman–Crippen MR) is 62.3 cm³/mol. The van der Waals surface area contributed by atoms with E-state index in [0.717, 1.165) is 18.2 Å². The molecule has 0 atom stereocenters. The maximum absolute atomic E-state index is 12.9. The quantitative estimate of drug-likeness (QED) is 0.658. The van der Waals surface area contributed by atoms with Gasteiger partial charge in [0, 0.05) is 23.9 Å². The highest BCUT2D eigenvalue weighted by molar-refractivity contribution is 5.52. The van der Waals surface area contributed by atoms with Gasteiger partial charge in [-0.3, -0.25) is 0 Å². The number of hydrogen-bond donors (Lipinski definition) is 1. The number of benzene rings is 2. The lowest BCUT2D eigenvalue weighted by Gasteiger charge is -2.12. The molecule has 0 bridgehead atoms. The number of nitrogens with two attached hydrogens (primary N) is 1. The van der Waals surface area contributed by atoms with Crippen molar-refractivity contribution in [3.63, 3.8) is 0 Å². The smallest absolute Gasteiger partial charge is 0.418 e. The molecule has 0 unspecified atom stereocenters. The SMILES string of the molecule is Nc1ccc(Oc2cc(F)cc(F)c2)cc1C(F)(F)F. The summed E-state index contributed by atoms with van der Waals surface area (Å²) in [5.41, 5.74) is 3.68. The Morgan fingerprint density at radius 2 is 1.45 bits per heavy atom. The van der Waals surface area contributed by atoms with Gasteiger partial charge in [-0.05, 0) is 18.2 Å². The number of nitrogen functional groups attached to an aromatic ring is 1. The van der Waals surface area contributed by atoms with E-state index in [1.807, 2.05) is 0 Å². The van der Waals surface area contributed by atoms with E-state index in [9.17, 15) is 22.0 Å². The van der Waals surface area contributed by atoms with Gasteiger partial charge in [-0.2, -0.15) is 13.2 Å². The molecule has 0 spiro atoms. The molecule has 0 amide bonds. The number of ether oxygens (including phenoxy) is 1. The molecule has 0 aliphatic rings. The minimum atomic E-state index is -4.64. The Morgan fingerprint density at radius 3 is 2.00 bits per heavy atom. The summed E-state index contributed by atoms with van der Waals surface area (Å²) in [5, 5.41) is 0.